The summed E-state index contributed by atoms with van der Waals surface area (Å²) >= 11 is 0. The van der Waals surface area contributed by atoms with Crippen LogP contribution in [0, 0.1) is 5.92 Å². The van der Waals surface area contributed by atoms with Gasteiger partial charge < -0.3 is 10.3 Å². The van der Waals surface area contributed by atoms with Crippen molar-refractivity contribution in [1.29, 1.82) is 0 Å². The Morgan fingerprint density at radius 2 is 2.00 bits per heavy atom. The lowest BCUT2D eigenvalue weighted by atomic mass is 10.1. The van der Waals surface area contributed by atoms with Crippen molar-refractivity contribution in [2.24, 2.45) is 5.92 Å². The highest BCUT2D eigenvalue weighted by Crippen LogP contribution is 2.07. The largest absolute Gasteiger partial charge is 0.361 e. The molecule has 0 amide bonds. The van der Waals surface area contributed by atoms with Gasteiger partial charge in [0.05, 0.1) is 0 Å². The topological polar surface area (TPSA) is 27.8 Å². The number of nitrogens with one attached hydrogen (secondary N) is 2. The SMILES string of the molecule is CCNCc1ccc(CC(C)C)[nH]1. The van der Waals surface area contributed by atoms with Gasteiger partial charge in [-0.05, 0) is 31.0 Å². The van der Waals surface area contributed by atoms with Crippen LogP contribution in [-0.4, -0.2) is 11.5 Å². The first kappa shape index (κ1) is 10.3. The standard InChI is InChI=1S/C11H20N2/c1-4-12-8-11-6-5-10(13-11)7-9(2)3/h5-6,9,12-13H,4,7-8H2,1-3H3. The fourth-order valence-electron chi connectivity index (χ4n) is 1.41. The molecule has 0 atom stereocenters. The predicted octanol–water partition coefficient (Wildman–Crippen LogP) is 2.32. The monoisotopic (exact) mass is 180 g/mol. The van der Waals surface area contributed by atoms with Crippen molar-refractivity contribution in [3.8, 4) is 0 Å². The van der Waals surface area contributed by atoms with Gasteiger partial charge >= 0.3 is 0 Å². The van der Waals surface area contributed by atoms with Gasteiger partial charge in [-0.1, -0.05) is 20.8 Å². The van der Waals surface area contributed by atoms with Crippen LogP contribution < -0.4 is 5.32 Å². The molecule has 1 rings (SSSR count). The summed E-state index contributed by atoms with van der Waals surface area (Å²) in [6.45, 7) is 8.58. The van der Waals surface area contributed by atoms with E-state index in [1.54, 1.807) is 0 Å². The molecule has 0 radical (unpaired) electrons. The second kappa shape index (κ2) is 5.07. The first-order chi connectivity index (χ1) is 6.22. The van der Waals surface area contributed by atoms with Gasteiger partial charge in [-0.3, -0.25) is 0 Å². The quantitative estimate of drug-likeness (QED) is 0.715. The van der Waals surface area contributed by atoms with Gasteiger partial charge in [0.25, 0.3) is 0 Å². The van der Waals surface area contributed by atoms with E-state index in [1.807, 2.05) is 0 Å². The third kappa shape index (κ3) is 3.64. The molecule has 0 saturated carbocycles. The Morgan fingerprint density at radius 1 is 1.31 bits per heavy atom. The van der Waals surface area contributed by atoms with E-state index < -0.39 is 0 Å². The first-order valence-corrected chi connectivity index (χ1v) is 5.09. The Hall–Kier alpha value is -0.760. The van der Waals surface area contributed by atoms with Gasteiger partial charge in [0.1, 0.15) is 0 Å². The molecule has 0 saturated heterocycles. The number of aromatic nitrogens is 1. The molecule has 0 fully saturated rings. The maximum absolute atomic E-state index is 3.42. The molecular formula is C11H20N2. The molecule has 2 nitrogen and oxygen atoms in total. The molecule has 0 aliphatic carbocycles. The van der Waals surface area contributed by atoms with Crippen LogP contribution in [0.3, 0.4) is 0 Å². The van der Waals surface area contributed by atoms with Crippen LogP contribution in [0.15, 0.2) is 12.1 Å². The summed E-state index contributed by atoms with van der Waals surface area (Å²) in [5.74, 6) is 0.727. The predicted molar refractivity (Wildman–Crippen MR) is 56.7 cm³/mol. The average Bonchev–Trinajstić information content (AvgIpc) is 2.48. The van der Waals surface area contributed by atoms with Crippen LogP contribution in [0.2, 0.25) is 0 Å². The minimum Gasteiger partial charge on any atom is -0.361 e. The maximum Gasteiger partial charge on any atom is 0.0357 e. The van der Waals surface area contributed by atoms with Crippen molar-refractivity contribution in [2.45, 2.75) is 33.7 Å². The van der Waals surface area contributed by atoms with Crippen LogP contribution in [0.5, 0.6) is 0 Å². The minimum absolute atomic E-state index is 0.727. The zero-order valence-electron chi connectivity index (χ0n) is 8.85. The third-order valence-corrected chi connectivity index (χ3v) is 2.00. The fraction of sp³-hybridized carbons (Fsp3) is 0.636. The third-order valence-electron chi connectivity index (χ3n) is 2.00. The fourth-order valence-corrected chi connectivity index (χ4v) is 1.41. The van der Waals surface area contributed by atoms with Gasteiger partial charge in [0, 0.05) is 17.9 Å². The molecule has 0 aliphatic heterocycles. The van der Waals surface area contributed by atoms with Gasteiger partial charge in [-0.2, -0.15) is 0 Å². The summed E-state index contributed by atoms with van der Waals surface area (Å²) < 4.78 is 0. The lowest BCUT2D eigenvalue weighted by molar-refractivity contribution is 0.633. The molecule has 74 valence electrons. The Labute approximate surface area is 80.7 Å². The molecule has 0 aromatic carbocycles. The number of hydrogen-bond donors (Lipinski definition) is 2. The van der Waals surface area contributed by atoms with Gasteiger partial charge in [-0.15, -0.1) is 0 Å². The number of rotatable bonds is 5. The van der Waals surface area contributed by atoms with Gasteiger partial charge in [0.15, 0.2) is 0 Å². The van der Waals surface area contributed by atoms with E-state index >= 15 is 0 Å². The highest BCUT2D eigenvalue weighted by Gasteiger charge is 2.00. The van der Waals surface area contributed by atoms with E-state index in [0.29, 0.717) is 0 Å². The number of H-pyrrole nitrogens is 1. The van der Waals surface area contributed by atoms with E-state index in [-0.39, 0.29) is 0 Å². The molecule has 0 unspecified atom stereocenters. The van der Waals surface area contributed by atoms with Crippen LogP contribution in [-0.2, 0) is 13.0 Å². The van der Waals surface area contributed by atoms with Crippen molar-refractivity contribution < 1.29 is 0 Å². The Bertz CT molecular complexity index is 238. The first-order valence-electron chi connectivity index (χ1n) is 5.09. The number of aromatic amines is 1. The molecule has 0 bridgehead atoms. The van der Waals surface area contributed by atoms with Crippen molar-refractivity contribution in [2.75, 3.05) is 6.54 Å². The summed E-state index contributed by atoms with van der Waals surface area (Å²) in [5, 5.41) is 3.30. The highest BCUT2D eigenvalue weighted by atomic mass is 14.9. The van der Waals surface area contributed by atoms with Crippen molar-refractivity contribution in [3.63, 3.8) is 0 Å². The van der Waals surface area contributed by atoms with E-state index in [0.717, 1.165) is 25.4 Å². The van der Waals surface area contributed by atoms with Crippen LogP contribution >= 0.6 is 0 Å². The summed E-state index contributed by atoms with van der Waals surface area (Å²) in [4.78, 5) is 3.42. The smallest absolute Gasteiger partial charge is 0.0357 e. The molecule has 2 N–H and O–H groups in total. The molecule has 2 heteroatoms. The highest BCUT2D eigenvalue weighted by molar-refractivity contribution is 5.13. The summed E-state index contributed by atoms with van der Waals surface area (Å²) in [6, 6.07) is 4.35. The molecule has 13 heavy (non-hydrogen) atoms. The Morgan fingerprint density at radius 3 is 2.62 bits per heavy atom. The van der Waals surface area contributed by atoms with E-state index in [2.05, 4.69) is 43.2 Å². The second-order valence-electron chi connectivity index (χ2n) is 3.89. The molecule has 0 aliphatic rings. The average molecular weight is 180 g/mol. The lowest BCUT2D eigenvalue weighted by Crippen LogP contribution is -2.11. The second-order valence-corrected chi connectivity index (χ2v) is 3.89. The minimum atomic E-state index is 0.727. The molecular weight excluding hydrogens is 160 g/mol. The van der Waals surface area contributed by atoms with E-state index in [1.165, 1.54) is 11.4 Å². The maximum atomic E-state index is 3.42. The zero-order chi connectivity index (χ0) is 9.68. The summed E-state index contributed by atoms with van der Waals surface area (Å²) in [6.07, 6.45) is 1.14. The summed E-state index contributed by atoms with van der Waals surface area (Å²) in [5.41, 5.74) is 2.64. The van der Waals surface area contributed by atoms with Crippen LogP contribution in [0.4, 0.5) is 0 Å². The lowest BCUT2D eigenvalue weighted by Gasteiger charge is -2.02. The molecule has 1 heterocycles. The van der Waals surface area contributed by atoms with E-state index in [9.17, 15) is 0 Å². The van der Waals surface area contributed by atoms with Crippen molar-refractivity contribution in [3.05, 3.63) is 23.5 Å². The van der Waals surface area contributed by atoms with Gasteiger partial charge in [0.2, 0.25) is 0 Å². The van der Waals surface area contributed by atoms with Crippen LogP contribution in [0.25, 0.3) is 0 Å². The normalized spacial score (nSPS) is 11.1. The van der Waals surface area contributed by atoms with Crippen LogP contribution in [0.1, 0.15) is 32.2 Å². The Balaban J connectivity index is 2.44. The van der Waals surface area contributed by atoms with E-state index in [4.69, 9.17) is 0 Å². The van der Waals surface area contributed by atoms with Crippen molar-refractivity contribution in [1.82, 2.24) is 10.3 Å². The summed E-state index contributed by atoms with van der Waals surface area (Å²) in [7, 11) is 0. The zero-order valence-corrected chi connectivity index (χ0v) is 8.85. The molecule has 1 aromatic heterocycles. The molecule has 0 spiro atoms. The Kier molecular flexibility index (Phi) is 4.03. The molecule has 1 aromatic rings. The van der Waals surface area contributed by atoms with Gasteiger partial charge in [-0.25, -0.2) is 0 Å². The van der Waals surface area contributed by atoms with Crippen molar-refractivity contribution >= 4 is 0 Å². The number of hydrogen-bond acceptors (Lipinski definition) is 1.